The normalized spacial score (nSPS) is 21.3. The van der Waals surface area contributed by atoms with Crippen LogP contribution in [0.1, 0.15) is 44.9 Å². The molecule has 0 spiro atoms. The molecule has 0 saturated carbocycles. The smallest absolute Gasteiger partial charge is 1.00 e. The quantitative estimate of drug-likeness (QED) is 0.492. The summed E-state index contributed by atoms with van der Waals surface area (Å²) in [5.41, 5.74) is 3.46. The van der Waals surface area contributed by atoms with E-state index in [2.05, 4.69) is 24.3 Å². The van der Waals surface area contributed by atoms with Gasteiger partial charge in [0.15, 0.2) is 0 Å². The van der Waals surface area contributed by atoms with Crippen molar-refractivity contribution < 1.29 is 48.0 Å². The summed E-state index contributed by atoms with van der Waals surface area (Å²) in [5.74, 6) is 0. The van der Waals surface area contributed by atoms with Crippen LogP contribution in [0.15, 0.2) is 42.0 Å². The van der Waals surface area contributed by atoms with Gasteiger partial charge in [-0.25, -0.2) is 0 Å². The maximum atomic E-state index is 2.42. The molecule has 3 rings (SSSR count). The van der Waals surface area contributed by atoms with E-state index in [0.29, 0.717) is 0 Å². The Morgan fingerprint density at radius 3 is 1.72 bits per heavy atom. The maximum Gasteiger partial charge on any atom is -1.00 e. The molecule has 0 nitrogen and oxygen atoms in total. The molecule has 0 radical (unpaired) electrons. The van der Waals surface area contributed by atoms with Crippen LogP contribution in [-0.2, 0) is 23.2 Å². The number of allylic oxidation sites excluding steroid dienone is 8. The van der Waals surface area contributed by atoms with Crippen LogP contribution in [-0.4, -0.2) is 0 Å². The molecule has 96 valence electrons. The van der Waals surface area contributed by atoms with Crippen LogP contribution >= 0.6 is 0 Å². The molecule has 1 aliphatic heterocycles. The minimum absolute atomic E-state index is 0. The number of halogens is 2. The van der Waals surface area contributed by atoms with Gasteiger partial charge in [-0.15, -0.1) is 0 Å². The predicted octanol–water partition coefficient (Wildman–Crippen LogP) is -1.53. The van der Waals surface area contributed by atoms with Crippen LogP contribution in [0.4, 0.5) is 0 Å². The standard InChI is InChI=1S/C15H18.2ClH.Zr/c1(2-8-14-10-4-5-11-14)3-9-15-12-6-7-13-15;;;/h4,6,10,12H,1-3,5,7-9H2;2*1H;/q;;;+2/p-2. The second-order valence-electron chi connectivity index (χ2n) is 4.91. The first-order chi connectivity index (χ1) is 7.93. The minimum Gasteiger partial charge on any atom is -1.00 e. The van der Waals surface area contributed by atoms with Crippen LogP contribution in [0.25, 0.3) is 0 Å². The maximum absolute atomic E-state index is 2.42. The van der Waals surface area contributed by atoms with Crippen molar-refractivity contribution in [1.29, 1.82) is 0 Å². The zero-order chi connectivity index (χ0) is 10.8. The molecule has 0 N–H and O–H groups in total. The number of rotatable bonds is 0. The molecule has 1 heterocycles. The molecule has 0 atom stereocenters. The van der Waals surface area contributed by atoms with E-state index >= 15 is 0 Å². The summed E-state index contributed by atoms with van der Waals surface area (Å²) in [4.78, 5) is 0. The molecule has 0 aromatic heterocycles. The van der Waals surface area contributed by atoms with E-state index in [-0.39, 0.29) is 24.8 Å². The summed E-state index contributed by atoms with van der Waals surface area (Å²) in [7, 11) is 0. The summed E-state index contributed by atoms with van der Waals surface area (Å²) >= 11 is -0.396. The fraction of sp³-hybridized carbons (Fsp3) is 0.467. The Hall–Kier alpha value is 0.423. The van der Waals surface area contributed by atoms with Gasteiger partial charge in [-0.2, -0.15) is 0 Å². The van der Waals surface area contributed by atoms with Gasteiger partial charge in [-0.1, -0.05) is 0 Å². The Bertz CT molecular complexity index is 378. The average molecular weight is 360 g/mol. The monoisotopic (exact) mass is 358 g/mol. The predicted molar refractivity (Wildman–Crippen MR) is 64.7 cm³/mol. The second kappa shape index (κ2) is 7.88. The molecule has 0 fully saturated rings. The van der Waals surface area contributed by atoms with Gasteiger partial charge in [-0.3, -0.25) is 0 Å². The van der Waals surface area contributed by atoms with Crippen molar-refractivity contribution in [3.05, 3.63) is 42.0 Å². The molecule has 3 aliphatic rings. The Morgan fingerprint density at radius 1 is 0.722 bits per heavy atom. The van der Waals surface area contributed by atoms with Crippen molar-refractivity contribution in [1.82, 2.24) is 0 Å². The van der Waals surface area contributed by atoms with Crippen LogP contribution in [0, 0.1) is 0 Å². The topological polar surface area (TPSA) is 0 Å². The molecule has 3 heteroatoms. The van der Waals surface area contributed by atoms with Gasteiger partial charge in [0.1, 0.15) is 0 Å². The zero-order valence-corrected chi connectivity index (χ0v) is 14.5. The summed E-state index contributed by atoms with van der Waals surface area (Å²) < 4.78 is 3.75. The molecule has 0 unspecified atom stereocenters. The van der Waals surface area contributed by atoms with Gasteiger partial charge in [0.05, 0.1) is 0 Å². The van der Waals surface area contributed by atoms with E-state index in [1.54, 1.807) is 11.1 Å². The average Bonchev–Trinajstić information content (AvgIpc) is 2.89. The van der Waals surface area contributed by atoms with E-state index in [1.165, 1.54) is 44.9 Å². The van der Waals surface area contributed by atoms with Gasteiger partial charge >= 0.3 is 110 Å². The number of hydrogen-bond donors (Lipinski definition) is 0. The van der Waals surface area contributed by atoms with Gasteiger partial charge in [0.25, 0.3) is 0 Å². The molecule has 0 amide bonds. The first-order valence-corrected chi connectivity index (χ1v) is 8.93. The summed E-state index contributed by atoms with van der Waals surface area (Å²) in [6.07, 6.45) is 19.2. The molecule has 2 aliphatic carbocycles. The van der Waals surface area contributed by atoms with E-state index in [1.807, 2.05) is 6.56 Å². The third-order valence-electron chi connectivity index (χ3n) is 3.75. The van der Waals surface area contributed by atoms with E-state index in [4.69, 9.17) is 0 Å². The van der Waals surface area contributed by atoms with Gasteiger partial charge in [0.2, 0.25) is 0 Å². The third kappa shape index (κ3) is 3.72. The molecule has 0 saturated heterocycles. The molecule has 18 heavy (non-hydrogen) atoms. The fourth-order valence-corrected chi connectivity index (χ4v) is 6.61. The van der Waals surface area contributed by atoms with Gasteiger partial charge in [0, 0.05) is 0 Å². The SMILES string of the molecule is C1=CC2=[C](C1)[Zr+2][C]1=C(C=CC1)CCCCC2.[Cl-].[Cl-]. The summed E-state index contributed by atoms with van der Waals surface area (Å²) in [6, 6.07) is 0. The van der Waals surface area contributed by atoms with Crippen molar-refractivity contribution >= 4 is 0 Å². The Morgan fingerprint density at radius 2 is 1.22 bits per heavy atom. The molecule has 0 bridgehead atoms. The van der Waals surface area contributed by atoms with Crippen LogP contribution in [0.2, 0.25) is 0 Å². The summed E-state index contributed by atoms with van der Waals surface area (Å²) in [6.45, 7) is 0. The minimum atomic E-state index is -0.396. The van der Waals surface area contributed by atoms with Crippen LogP contribution in [0.5, 0.6) is 0 Å². The van der Waals surface area contributed by atoms with Crippen molar-refractivity contribution in [2.75, 3.05) is 0 Å². The van der Waals surface area contributed by atoms with Crippen molar-refractivity contribution in [2.24, 2.45) is 0 Å². The Kier molecular flexibility index (Phi) is 7.21. The van der Waals surface area contributed by atoms with Crippen LogP contribution in [0.3, 0.4) is 0 Å². The first-order valence-electron chi connectivity index (χ1n) is 6.47. The second-order valence-corrected chi connectivity index (χ2v) is 8.49. The fourth-order valence-electron chi connectivity index (χ4n) is 2.82. The van der Waals surface area contributed by atoms with Crippen molar-refractivity contribution in [2.45, 2.75) is 44.9 Å². The van der Waals surface area contributed by atoms with Crippen molar-refractivity contribution in [3.63, 3.8) is 0 Å². The Balaban J connectivity index is 0.000000810. The van der Waals surface area contributed by atoms with Crippen molar-refractivity contribution in [3.8, 4) is 0 Å². The van der Waals surface area contributed by atoms with E-state index < -0.39 is 23.2 Å². The largest absolute Gasteiger partial charge is 1.00 e. The summed E-state index contributed by atoms with van der Waals surface area (Å²) in [5, 5.41) is 0. The third-order valence-corrected chi connectivity index (χ3v) is 7.82. The Labute approximate surface area is 134 Å². The first kappa shape index (κ1) is 16.5. The molecule has 0 aromatic carbocycles. The van der Waals surface area contributed by atoms with E-state index in [9.17, 15) is 0 Å². The molecular formula is C15H18Cl2Zr. The number of hydrogen-bond acceptors (Lipinski definition) is 0. The van der Waals surface area contributed by atoms with Crippen LogP contribution < -0.4 is 24.8 Å². The van der Waals surface area contributed by atoms with Gasteiger partial charge < -0.3 is 24.8 Å². The van der Waals surface area contributed by atoms with Gasteiger partial charge in [-0.05, 0) is 0 Å². The molecule has 0 aromatic rings. The zero-order valence-electron chi connectivity index (χ0n) is 10.5. The molecular weight excluding hydrogens is 342 g/mol. The van der Waals surface area contributed by atoms with E-state index in [0.717, 1.165) is 0 Å².